The molecule has 4 rings (SSSR count). The second-order valence-corrected chi connectivity index (χ2v) is 7.34. The number of nitrogens with zero attached hydrogens (tertiary/aromatic N) is 3. The van der Waals surface area contributed by atoms with Crippen molar-refractivity contribution in [2.75, 3.05) is 11.4 Å². The maximum atomic E-state index is 12.5. The van der Waals surface area contributed by atoms with E-state index >= 15 is 0 Å². The summed E-state index contributed by atoms with van der Waals surface area (Å²) >= 11 is 0. The van der Waals surface area contributed by atoms with Crippen molar-refractivity contribution in [2.24, 2.45) is 7.05 Å². The molecule has 1 aliphatic heterocycles. The van der Waals surface area contributed by atoms with Crippen molar-refractivity contribution in [2.45, 2.75) is 12.8 Å². The Kier molecular flexibility index (Phi) is 5.80. The van der Waals surface area contributed by atoms with E-state index in [4.69, 9.17) is 0 Å². The standard InChI is InChI=1S/C23H21N5O4/c1-27-23(32)18-6-3-2-5-17(18)21(26-27)22(31)25-24-19(29)13-10-15-8-11-16(12-9-15)28-14-4-7-20(28)30/h2-3,5-6,8-13H,4,7,14H2,1H3,(H,24,29)(H,25,31)/b13-10+. The number of anilines is 1. The Bertz CT molecular complexity index is 1290. The lowest BCUT2D eigenvalue weighted by Crippen LogP contribution is -2.42. The molecule has 2 aromatic carbocycles. The molecule has 0 unspecified atom stereocenters. The number of aryl methyl sites for hydroxylation is 1. The first-order valence-corrected chi connectivity index (χ1v) is 10.1. The zero-order valence-corrected chi connectivity index (χ0v) is 17.4. The largest absolute Gasteiger partial charge is 0.312 e. The van der Waals surface area contributed by atoms with Crippen molar-refractivity contribution >= 4 is 40.3 Å². The highest BCUT2D eigenvalue weighted by Gasteiger charge is 2.21. The van der Waals surface area contributed by atoms with Crippen LogP contribution in [0.1, 0.15) is 28.9 Å². The molecule has 2 N–H and O–H groups in total. The molecule has 9 heteroatoms. The Labute approximate surface area is 183 Å². The van der Waals surface area contributed by atoms with Gasteiger partial charge in [0.1, 0.15) is 0 Å². The van der Waals surface area contributed by atoms with Gasteiger partial charge in [-0.1, -0.05) is 30.3 Å². The molecule has 0 saturated carbocycles. The highest BCUT2D eigenvalue weighted by Crippen LogP contribution is 2.21. The Hall–Kier alpha value is -4.27. The van der Waals surface area contributed by atoms with E-state index in [-0.39, 0.29) is 17.2 Å². The van der Waals surface area contributed by atoms with E-state index in [1.54, 1.807) is 35.2 Å². The molecule has 1 aromatic heterocycles. The van der Waals surface area contributed by atoms with Crippen LogP contribution in [-0.4, -0.2) is 34.0 Å². The fourth-order valence-electron chi connectivity index (χ4n) is 3.55. The highest BCUT2D eigenvalue weighted by atomic mass is 16.2. The average molecular weight is 431 g/mol. The van der Waals surface area contributed by atoms with Crippen molar-refractivity contribution in [3.8, 4) is 0 Å². The lowest BCUT2D eigenvalue weighted by atomic mass is 10.1. The second-order valence-electron chi connectivity index (χ2n) is 7.34. The summed E-state index contributed by atoms with van der Waals surface area (Å²) < 4.78 is 1.08. The lowest BCUT2D eigenvalue weighted by molar-refractivity contribution is -0.117. The van der Waals surface area contributed by atoms with Crippen LogP contribution in [0.15, 0.2) is 59.4 Å². The maximum absolute atomic E-state index is 12.5. The maximum Gasteiger partial charge on any atom is 0.290 e. The Morgan fingerprint density at radius 1 is 1.00 bits per heavy atom. The van der Waals surface area contributed by atoms with Crippen LogP contribution in [0, 0.1) is 0 Å². The third-order valence-electron chi connectivity index (χ3n) is 5.18. The van der Waals surface area contributed by atoms with Crippen LogP contribution in [-0.2, 0) is 16.6 Å². The first-order chi connectivity index (χ1) is 15.4. The van der Waals surface area contributed by atoms with E-state index in [0.29, 0.717) is 17.2 Å². The SMILES string of the molecule is Cn1nc(C(=O)NNC(=O)/C=C/c2ccc(N3CCCC3=O)cc2)c2ccccc2c1=O. The number of carbonyl (C=O) groups excluding carboxylic acids is 3. The minimum Gasteiger partial charge on any atom is -0.312 e. The first-order valence-electron chi connectivity index (χ1n) is 10.1. The Morgan fingerprint density at radius 2 is 1.72 bits per heavy atom. The third-order valence-corrected chi connectivity index (χ3v) is 5.18. The summed E-state index contributed by atoms with van der Waals surface area (Å²) in [4.78, 5) is 50.4. The summed E-state index contributed by atoms with van der Waals surface area (Å²) in [6, 6.07) is 13.9. The molecule has 0 spiro atoms. The summed E-state index contributed by atoms with van der Waals surface area (Å²) in [6.07, 6.45) is 4.30. The van der Waals surface area contributed by atoms with Gasteiger partial charge < -0.3 is 4.90 Å². The zero-order valence-electron chi connectivity index (χ0n) is 17.4. The van der Waals surface area contributed by atoms with Crippen molar-refractivity contribution < 1.29 is 14.4 Å². The van der Waals surface area contributed by atoms with Gasteiger partial charge in [-0.25, -0.2) is 4.68 Å². The smallest absolute Gasteiger partial charge is 0.290 e. The molecule has 0 aliphatic carbocycles. The third kappa shape index (κ3) is 4.27. The summed E-state index contributed by atoms with van der Waals surface area (Å²) in [5.74, 6) is -1.06. The molecule has 9 nitrogen and oxygen atoms in total. The molecular formula is C23H21N5O4. The number of aromatic nitrogens is 2. The van der Waals surface area contributed by atoms with Crippen molar-refractivity contribution in [3.63, 3.8) is 0 Å². The topological polar surface area (TPSA) is 113 Å². The van der Waals surface area contributed by atoms with E-state index in [1.165, 1.54) is 13.1 Å². The molecule has 2 heterocycles. The van der Waals surface area contributed by atoms with Crippen LogP contribution >= 0.6 is 0 Å². The minimum atomic E-state index is -0.641. The van der Waals surface area contributed by atoms with Crippen molar-refractivity contribution in [1.29, 1.82) is 0 Å². The number of nitrogens with one attached hydrogen (secondary N) is 2. The summed E-state index contributed by atoms with van der Waals surface area (Å²) in [5.41, 5.74) is 5.93. The van der Waals surface area contributed by atoms with Gasteiger partial charge >= 0.3 is 0 Å². The highest BCUT2D eigenvalue weighted by molar-refractivity contribution is 6.05. The van der Waals surface area contributed by atoms with Crippen molar-refractivity contribution in [1.82, 2.24) is 20.6 Å². The molecule has 1 fully saturated rings. The van der Waals surface area contributed by atoms with Gasteiger partial charge in [0, 0.05) is 37.2 Å². The quantitative estimate of drug-likeness (QED) is 0.481. The molecule has 3 amide bonds. The number of benzene rings is 2. The van der Waals surface area contributed by atoms with Crippen LogP contribution in [0.25, 0.3) is 16.8 Å². The fourth-order valence-corrected chi connectivity index (χ4v) is 3.55. The molecular weight excluding hydrogens is 410 g/mol. The van der Waals surface area contributed by atoms with Gasteiger partial charge in [0.2, 0.25) is 5.91 Å². The molecule has 0 bridgehead atoms. The zero-order chi connectivity index (χ0) is 22.7. The number of hydrazine groups is 1. The van der Waals surface area contributed by atoms with Gasteiger partial charge in [-0.3, -0.25) is 30.0 Å². The number of fused-ring (bicyclic) bond motifs is 1. The first kappa shape index (κ1) is 21.0. The number of hydrogen-bond donors (Lipinski definition) is 2. The molecule has 0 atom stereocenters. The average Bonchev–Trinajstić information content (AvgIpc) is 3.24. The molecule has 32 heavy (non-hydrogen) atoms. The Balaban J connectivity index is 1.39. The fraction of sp³-hybridized carbons (Fsp3) is 0.174. The van der Waals surface area contributed by atoms with Crippen LogP contribution in [0.3, 0.4) is 0 Å². The number of rotatable bonds is 4. The predicted octanol–water partition coefficient (Wildman–Crippen LogP) is 1.53. The predicted molar refractivity (Wildman–Crippen MR) is 120 cm³/mol. The summed E-state index contributed by atoms with van der Waals surface area (Å²) in [6.45, 7) is 0.718. The van der Waals surface area contributed by atoms with Gasteiger partial charge in [-0.2, -0.15) is 5.10 Å². The van der Waals surface area contributed by atoms with E-state index in [2.05, 4.69) is 16.0 Å². The minimum absolute atomic E-state index is 0.0269. The molecule has 1 aliphatic rings. The van der Waals surface area contributed by atoms with E-state index in [1.807, 2.05) is 24.3 Å². The molecule has 0 radical (unpaired) electrons. The van der Waals surface area contributed by atoms with Gasteiger partial charge in [0.25, 0.3) is 17.4 Å². The lowest BCUT2D eigenvalue weighted by Gasteiger charge is -2.15. The van der Waals surface area contributed by atoms with Gasteiger partial charge in [0.05, 0.1) is 5.39 Å². The van der Waals surface area contributed by atoms with E-state index in [0.717, 1.165) is 28.9 Å². The number of amides is 3. The van der Waals surface area contributed by atoms with Gasteiger partial charge in [-0.05, 0) is 36.3 Å². The van der Waals surface area contributed by atoms with Crippen LogP contribution < -0.4 is 21.3 Å². The summed E-state index contributed by atoms with van der Waals surface area (Å²) in [7, 11) is 1.46. The van der Waals surface area contributed by atoms with Crippen LogP contribution in [0.2, 0.25) is 0 Å². The number of carbonyl (C=O) groups is 3. The normalized spacial score (nSPS) is 13.7. The summed E-state index contributed by atoms with van der Waals surface area (Å²) in [5, 5.41) is 4.77. The van der Waals surface area contributed by atoms with Crippen molar-refractivity contribution in [3.05, 3.63) is 76.2 Å². The van der Waals surface area contributed by atoms with E-state index < -0.39 is 11.8 Å². The molecule has 3 aromatic rings. The van der Waals surface area contributed by atoms with Crippen LogP contribution in [0.4, 0.5) is 5.69 Å². The van der Waals surface area contributed by atoms with E-state index in [9.17, 15) is 19.2 Å². The molecule has 1 saturated heterocycles. The number of hydrogen-bond acceptors (Lipinski definition) is 5. The monoisotopic (exact) mass is 431 g/mol. The second kappa shape index (κ2) is 8.84. The molecule has 162 valence electrons. The van der Waals surface area contributed by atoms with Gasteiger partial charge in [-0.15, -0.1) is 0 Å². The van der Waals surface area contributed by atoms with Gasteiger partial charge in [0.15, 0.2) is 5.69 Å². The van der Waals surface area contributed by atoms with Crippen LogP contribution in [0.5, 0.6) is 0 Å². The Morgan fingerprint density at radius 3 is 2.41 bits per heavy atom.